The maximum atomic E-state index is 5.22. The zero-order valence-electron chi connectivity index (χ0n) is 12.4. The summed E-state index contributed by atoms with van der Waals surface area (Å²) in [5, 5.41) is 3.25. The summed E-state index contributed by atoms with van der Waals surface area (Å²) in [5.41, 5.74) is 8.47. The van der Waals surface area contributed by atoms with Crippen LogP contribution in [0.25, 0.3) is 0 Å². The molecule has 0 fully saturated rings. The number of nitrogens with one attached hydrogen (secondary N) is 2. The van der Waals surface area contributed by atoms with Crippen LogP contribution in [-0.4, -0.2) is 13.2 Å². The number of rotatable bonds is 5. The molecule has 1 aromatic carbocycles. The number of benzene rings is 1. The third-order valence-electron chi connectivity index (χ3n) is 3.34. The molecule has 1 aromatic rings. The predicted octanol–water partition coefficient (Wildman–Crippen LogP) is 2.15. The Labute approximate surface area is 111 Å². The van der Waals surface area contributed by atoms with Crippen LogP contribution in [-0.2, 0) is 11.8 Å². The van der Waals surface area contributed by atoms with Crippen molar-refractivity contribution in [1.82, 2.24) is 10.7 Å². The van der Waals surface area contributed by atoms with E-state index in [0.29, 0.717) is 6.67 Å². The van der Waals surface area contributed by atoms with Gasteiger partial charge in [0.2, 0.25) is 0 Å². The molecule has 18 heavy (non-hydrogen) atoms. The molecule has 0 unspecified atom stereocenters. The molecule has 4 N–H and O–H groups in total. The van der Waals surface area contributed by atoms with E-state index in [0.717, 1.165) is 13.0 Å². The summed E-state index contributed by atoms with van der Waals surface area (Å²) in [7, 11) is 0. The van der Waals surface area contributed by atoms with Gasteiger partial charge in [0, 0.05) is 6.54 Å². The van der Waals surface area contributed by atoms with E-state index in [4.69, 9.17) is 5.84 Å². The smallest absolute Gasteiger partial charge is 0.0587 e. The van der Waals surface area contributed by atoms with Crippen molar-refractivity contribution in [3.63, 3.8) is 0 Å². The number of aryl methyl sites for hydroxylation is 2. The summed E-state index contributed by atoms with van der Waals surface area (Å²) in [4.78, 5) is 0. The minimum atomic E-state index is 0.218. The summed E-state index contributed by atoms with van der Waals surface area (Å²) in [6, 6.07) is 4.65. The maximum Gasteiger partial charge on any atom is 0.0587 e. The number of hydrazine groups is 1. The molecule has 0 aliphatic carbocycles. The highest BCUT2D eigenvalue weighted by atomic mass is 15.3. The average Bonchev–Trinajstić information content (AvgIpc) is 2.25. The first-order valence-corrected chi connectivity index (χ1v) is 6.61. The Morgan fingerprint density at radius 2 is 1.67 bits per heavy atom. The van der Waals surface area contributed by atoms with Crippen LogP contribution >= 0.6 is 0 Å². The summed E-state index contributed by atoms with van der Waals surface area (Å²) in [6.07, 6.45) is 1.05. The van der Waals surface area contributed by atoms with Gasteiger partial charge in [-0.25, -0.2) is 5.43 Å². The molecule has 0 aromatic heterocycles. The van der Waals surface area contributed by atoms with E-state index in [-0.39, 0.29) is 5.41 Å². The second-order valence-corrected chi connectivity index (χ2v) is 5.97. The first-order chi connectivity index (χ1) is 8.36. The normalized spacial score (nSPS) is 11.9. The molecule has 0 radical (unpaired) electrons. The molecule has 102 valence electrons. The topological polar surface area (TPSA) is 50.1 Å². The number of hydrogen-bond donors (Lipinski definition) is 3. The molecule has 0 heterocycles. The molecular formula is C15H27N3. The summed E-state index contributed by atoms with van der Waals surface area (Å²) >= 11 is 0. The van der Waals surface area contributed by atoms with E-state index in [2.05, 4.69) is 57.5 Å². The highest BCUT2D eigenvalue weighted by molar-refractivity contribution is 5.40. The van der Waals surface area contributed by atoms with Crippen molar-refractivity contribution in [3.8, 4) is 0 Å². The number of nitrogens with two attached hydrogens (primary N) is 1. The van der Waals surface area contributed by atoms with Crippen LogP contribution in [0.15, 0.2) is 12.1 Å². The van der Waals surface area contributed by atoms with Gasteiger partial charge in [-0.3, -0.25) is 5.84 Å². The Balaban J connectivity index is 2.82. The van der Waals surface area contributed by atoms with Crippen LogP contribution in [0.2, 0.25) is 0 Å². The van der Waals surface area contributed by atoms with E-state index < -0.39 is 0 Å². The van der Waals surface area contributed by atoms with Crippen molar-refractivity contribution in [2.75, 3.05) is 13.2 Å². The van der Waals surface area contributed by atoms with Crippen molar-refractivity contribution < 1.29 is 0 Å². The van der Waals surface area contributed by atoms with Crippen LogP contribution in [0.5, 0.6) is 0 Å². The Morgan fingerprint density at radius 1 is 1.11 bits per heavy atom. The van der Waals surface area contributed by atoms with Gasteiger partial charge >= 0.3 is 0 Å². The zero-order chi connectivity index (χ0) is 13.8. The van der Waals surface area contributed by atoms with Crippen molar-refractivity contribution in [1.29, 1.82) is 0 Å². The molecule has 0 saturated carbocycles. The fourth-order valence-electron chi connectivity index (χ4n) is 2.19. The van der Waals surface area contributed by atoms with E-state index in [1.54, 1.807) is 0 Å². The lowest BCUT2D eigenvalue weighted by Crippen LogP contribution is -2.34. The number of hydrogen-bond acceptors (Lipinski definition) is 3. The molecule has 0 aliphatic rings. The van der Waals surface area contributed by atoms with Gasteiger partial charge in [-0.05, 0) is 47.9 Å². The highest BCUT2D eigenvalue weighted by Gasteiger charge is 2.15. The fraction of sp³-hybridized carbons (Fsp3) is 0.600. The van der Waals surface area contributed by atoms with Gasteiger partial charge in [0.05, 0.1) is 6.67 Å². The Hall–Kier alpha value is -0.900. The molecule has 3 nitrogen and oxygen atoms in total. The van der Waals surface area contributed by atoms with Crippen molar-refractivity contribution in [2.24, 2.45) is 5.84 Å². The molecular weight excluding hydrogens is 222 g/mol. The lowest BCUT2D eigenvalue weighted by atomic mass is 9.83. The first-order valence-electron chi connectivity index (χ1n) is 6.61. The highest BCUT2D eigenvalue weighted by Crippen LogP contribution is 2.26. The van der Waals surface area contributed by atoms with Gasteiger partial charge in [-0.2, -0.15) is 0 Å². The quantitative estimate of drug-likeness (QED) is 0.324. The maximum absolute atomic E-state index is 5.22. The first kappa shape index (κ1) is 15.2. The van der Waals surface area contributed by atoms with Gasteiger partial charge in [-0.1, -0.05) is 32.9 Å². The molecule has 0 saturated heterocycles. The minimum Gasteiger partial charge on any atom is -0.303 e. The predicted molar refractivity (Wildman–Crippen MR) is 78.5 cm³/mol. The Bertz CT molecular complexity index is 368. The lowest BCUT2D eigenvalue weighted by molar-refractivity contribution is 0.586. The third-order valence-corrected chi connectivity index (χ3v) is 3.34. The second-order valence-electron chi connectivity index (χ2n) is 5.97. The van der Waals surface area contributed by atoms with Crippen molar-refractivity contribution in [3.05, 3.63) is 34.4 Å². The standard InChI is InChI=1S/C15H27N3/c1-11-8-13(15(3,4)5)9-12(2)14(11)6-7-17-10-18-16/h8-9,17-18H,6-7,10,16H2,1-5H3. The van der Waals surface area contributed by atoms with Crippen LogP contribution in [0.1, 0.15) is 43.0 Å². The third kappa shape index (κ3) is 4.09. The van der Waals surface area contributed by atoms with Gasteiger partial charge in [-0.15, -0.1) is 0 Å². The van der Waals surface area contributed by atoms with Gasteiger partial charge < -0.3 is 5.32 Å². The van der Waals surface area contributed by atoms with Crippen molar-refractivity contribution in [2.45, 2.75) is 46.5 Å². The average molecular weight is 249 g/mol. The Kier molecular flexibility index (Phi) is 5.32. The van der Waals surface area contributed by atoms with Crippen LogP contribution < -0.4 is 16.6 Å². The minimum absolute atomic E-state index is 0.218. The molecule has 0 atom stereocenters. The van der Waals surface area contributed by atoms with Crippen LogP contribution in [0.3, 0.4) is 0 Å². The molecule has 0 amide bonds. The molecule has 0 aliphatic heterocycles. The van der Waals surface area contributed by atoms with E-state index >= 15 is 0 Å². The lowest BCUT2D eigenvalue weighted by Gasteiger charge is -2.22. The van der Waals surface area contributed by atoms with Crippen molar-refractivity contribution >= 4 is 0 Å². The summed E-state index contributed by atoms with van der Waals surface area (Å²) in [6.45, 7) is 12.8. The van der Waals surface area contributed by atoms with Crippen LogP contribution in [0, 0.1) is 13.8 Å². The van der Waals surface area contributed by atoms with E-state index in [9.17, 15) is 0 Å². The fourth-order valence-corrected chi connectivity index (χ4v) is 2.19. The largest absolute Gasteiger partial charge is 0.303 e. The summed E-state index contributed by atoms with van der Waals surface area (Å²) in [5.74, 6) is 5.22. The molecule has 0 spiro atoms. The monoisotopic (exact) mass is 249 g/mol. The van der Waals surface area contributed by atoms with Gasteiger partial charge in [0.1, 0.15) is 0 Å². The van der Waals surface area contributed by atoms with Gasteiger partial charge in [0.15, 0.2) is 0 Å². The second kappa shape index (κ2) is 6.32. The zero-order valence-corrected chi connectivity index (χ0v) is 12.4. The van der Waals surface area contributed by atoms with Gasteiger partial charge in [0.25, 0.3) is 0 Å². The summed E-state index contributed by atoms with van der Waals surface area (Å²) < 4.78 is 0. The SMILES string of the molecule is Cc1cc(C(C)(C)C)cc(C)c1CCNCNN. The Morgan fingerprint density at radius 3 is 2.11 bits per heavy atom. The van der Waals surface area contributed by atoms with E-state index in [1.165, 1.54) is 22.3 Å². The molecule has 3 heteroatoms. The van der Waals surface area contributed by atoms with Crippen LogP contribution in [0.4, 0.5) is 0 Å². The molecule has 1 rings (SSSR count). The van der Waals surface area contributed by atoms with E-state index in [1.807, 2.05) is 0 Å². The molecule has 0 bridgehead atoms.